The summed E-state index contributed by atoms with van der Waals surface area (Å²) in [6.45, 7) is 6.56. The van der Waals surface area contributed by atoms with Crippen LogP contribution in [0.3, 0.4) is 0 Å². The van der Waals surface area contributed by atoms with Crippen LogP contribution >= 0.6 is 15.9 Å². The van der Waals surface area contributed by atoms with Gasteiger partial charge in [-0.25, -0.2) is 9.67 Å². The van der Waals surface area contributed by atoms with Crippen LogP contribution in [-0.4, -0.2) is 50.8 Å². The number of nitrogens with zero attached hydrogens (tertiary/aromatic N) is 4. The lowest BCUT2D eigenvalue weighted by atomic mass is 10.3. The number of rotatable bonds is 4. The van der Waals surface area contributed by atoms with Crippen LogP contribution in [0.15, 0.2) is 6.33 Å². The Hall–Kier alpha value is -0.460. The Bertz CT molecular complexity index is 330. The lowest BCUT2D eigenvalue weighted by Gasteiger charge is -2.31. The molecule has 0 aromatic carbocycles. The van der Waals surface area contributed by atoms with E-state index in [4.69, 9.17) is 4.74 Å². The Labute approximate surface area is 104 Å². The second-order valence-electron chi connectivity index (χ2n) is 3.87. The SMILES string of the molecule is CCn1ncnc1CN1CCOC(CBr)C1. The van der Waals surface area contributed by atoms with Crippen molar-refractivity contribution >= 4 is 15.9 Å². The summed E-state index contributed by atoms with van der Waals surface area (Å²) < 4.78 is 7.54. The second kappa shape index (κ2) is 5.75. The zero-order chi connectivity index (χ0) is 11.4. The van der Waals surface area contributed by atoms with E-state index in [1.165, 1.54) is 0 Å². The van der Waals surface area contributed by atoms with Crippen molar-refractivity contribution in [1.82, 2.24) is 19.7 Å². The first-order valence-corrected chi connectivity index (χ1v) is 6.72. The highest BCUT2D eigenvalue weighted by Crippen LogP contribution is 2.10. The molecule has 0 amide bonds. The fourth-order valence-electron chi connectivity index (χ4n) is 1.89. The molecule has 2 heterocycles. The second-order valence-corrected chi connectivity index (χ2v) is 4.52. The summed E-state index contributed by atoms with van der Waals surface area (Å²) in [5.41, 5.74) is 0. The third kappa shape index (κ3) is 2.81. The first kappa shape index (κ1) is 12.0. The van der Waals surface area contributed by atoms with Gasteiger partial charge in [0, 0.05) is 25.0 Å². The lowest BCUT2D eigenvalue weighted by Crippen LogP contribution is -2.43. The predicted molar refractivity (Wildman–Crippen MR) is 64.5 cm³/mol. The highest BCUT2D eigenvalue weighted by atomic mass is 79.9. The molecule has 1 aliphatic heterocycles. The third-order valence-electron chi connectivity index (χ3n) is 2.76. The maximum Gasteiger partial charge on any atom is 0.140 e. The minimum absolute atomic E-state index is 0.298. The maximum atomic E-state index is 5.60. The van der Waals surface area contributed by atoms with Crippen LogP contribution in [0.1, 0.15) is 12.7 Å². The van der Waals surface area contributed by atoms with Gasteiger partial charge in [0.15, 0.2) is 0 Å². The molecule has 0 spiro atoms. The molecule has 0 radical (unpaired) electrons. The Morgan fingerprint density at radius 3 is 3.25 bits per heavy atom. The van der Waals surface area contributed by atoms with E-state index in [-0.39, 0.29) is 0 Å². The molecule has 0 saturated carbocycles. The summed E-state index contributed by atoms with van der Waals surface area (Å²) in [6, 6.07) is 0. The van der Waals surface area contributed by atoms with Crippen LogP contribution in [-0.2, 0) is 17.8 Å². The Morgan fingerprint density at radius 1 is 1.62 bits per heavy atom. The van der Waals surface area contributed by atoms with Crippen molar-refractivity contribution in [3.63, 3.8) is 0 Å². The number of alkyl halides is 1. The summed E-state index contributed by atoms with van der Waals surface area (Å²) in [5, 5.41) is 5.07. The molecule has 0 bridgehead atoms. The molecule has 1 aromatic rings. The number of morpholine rings is 1. The quantitative estimate of drug-likeness (QED) is 0.772. The molecular weight excluding hydrogens is 272 g/mol. The molecule has 5 nitrogen and oxygen atoms in total. The highest BCUT2D eigenvalue weighted by Gasteiger charge is 2.20. The molecule has 1 saturated heterocycles. The summed E-state index contributed by atoms with van der Waals surface area (Å²) in [7, 11) is 0. The van der Waals surface area contributed by atoms with Gasteiger partial charge in [0.05, 0.1) is 19.3 Å². The molecule has 0 aliphatic carbocycles. The zero-order valence-electron chi connectivity index (χ0n) is 9.47. The molecule has 1 aliphatic rings. The highest BCUT2D eigenvalue weighted by molar-refractivity contribution is 9.09. The lowest BCUT2D eigenvalue weighted by molar-refractivity contribution is -0.0193. The smallest absolute Gasteiger partial charge is 0.140 e. The van der Waals surface area contributed by atoms with Crippen LogP contribution in [0.4, 0.5) is 0 Å². The van der Waals surface area contributed by atoms with E-state index < -0.39 is 0 Å². The molecule has 1 aromatic heterocycles. The Morgan fingerprint density at radius 2 is 2.50 bits per heavy atom. The van der Waals surface area contributed by atoms with Crippen molar-refractivity contribution < 1.29 is 4.74 Å². The monoisotopic (exact) mass is 288 g/mol. The van der Waals surface area contributed by atoms with Crippen molar-refractivity contribution in [2.75, 3.05) is 25.0 Å². The minimum atomic E-state index is 0.298. The molecule has 0 N–H and O–H groups in total. The van der Waals surface area contributed by atoms with Gasteiger partial charge in [0.2, 0.25) is 0 Å². The van der Waals surface area contributed by atoms with Crippen LogP contribution in [0.2, 0.25) is 0 Å². The van der Waals surface area contributed by atoms with Crippen LogP contribution < -0.4 is 0 Å². The van der Waals surface area contributed by atoms with Crippen molar-refractivity contribution in [3.05, 3.63) is 12.2 Å². The van der Waals surface area contributed by atoms with Gasteiger partial charge in [-0.1, -0.05) is 15.9 Å². The minimum Gasteiger partial charge on any atom is -0.375 e. The first-order chi connectivity index (χ1) is 7.83. The van der Waals surface area contributed by atoms with Crippen LogP contribution in [0, 0.1) is 0 Å². The number of ether oxygens (including phenoxy) is 1. The Balaban J connectivity index is 1.93. The topological polar surface area (TPSA) is 43.2 Å². The van der Waals surface area contributed by atoms with Gasteiger partial charge >= 0.3 is 0 Å². The average Bonchev–Trinajstić information content (AvgIpc) is 2.76. The molecule has 1 atom stereocenters. The standard InChI is InChI=1S/C10H17BrN4O/c1-2-15-10(12-8-13-15)7-14-3-4-16-9(5-11)6-14/h8-9H,2-7H2,1H3. The van der Waals surface area contributed by atoms with Crippen LogP contribution in [0.25, 0.3) is 0 Å². The van der Waals surface area contributed by atoms with Gasteiger partial charge in [0.25, 0.3) is 0 Å². The predicted octanol–water partition coefficient (Wildman–Crippen LogP) is 0.894. The summed E-state index contributed by atoms with van der Waals surface area (Å²) in [6.07, 6.45) is 1.92. The van der Waals surface area contributed by atoms with Crippen molar-refractivity contribution in [2.24, 2.45) is 0 Å². The number of hydrogen-bond acceptors (Lipinski definition) is 4. The van der Waals surface area contributed by atoms with Crippen molar-refractivity contribution in [3.8, 4) is 0 Å². The van der Waals surface area contributed by atoms with E-state index in [2.05, 4.69) is 37.8 Å². The molecule has 1 unspecified atom stereocenters. The first-order valence-electron chi connectivity index (χ1n) is 5.60. The van der Waals surface area contributed by atoms with Gasteiger partial charge in [-0.15, -0.1) is 0 Å². The fourth-order valence-corrected chi connectivity index (χ4v) is 2.28. The maximum absolute atomic E-state index is 5.60. The number of aryl methyl sites for hydroxylation is 1. The number of aromatic nitrogens is 3. The van der Waals surface area contributed by atoms with E-state index >= 15 is 0 Å². The van der Waals surface area contributed by atoms with E-state index in [1.807, 2.05) is 4.68 Å². The molecule has 1 fully saturated rings. The molecule has 90 valence electrons. The molecule has 2 rings (SSSR count). The molecule has 16 heavy (non-hydrogen) atoms. The van der Waals surface area contributed by atoms with E-state index in [0.717, 1.165) is 43.9 Å². The Kier molecular flexibility index (Phi) is 4.31. The van der Waals surface area contributed by atoms with Gasteiger partial charge in [-0.05, 0) is 6.92 Å². The fraction of sp³-hybridized carbons (Fsp3) is 0.800. The van der Waals surface area contributed by atoms with Crippen molar-refractivity contribution in [2.45, 2.75) is 26.1 Å². The number of hydrogen-bond donors (Lipinski definition) is 0. The summed E-state index contributed by atoms with van der Waals surface area (Å²) in [4.78, 5) is 6.66. The van der Waals surface area contributed by atoms with Gasteiger partial charge in [0.1, 0.15) is 12.2 Å². The van der Waals surface area contributed by atoms with E-state index in [0.29, 0.717) is 6.10 Å². The van der Waals surface area contributed by atoms with E-state index in [9.17, 15) is 0 Å². The van der Waals surface area contributed by atoms with E-state index in [1.54, 1.807) is 6.33 Å². The largest absolute Gasteiger partial charge is 0.375 e. The third-order valence-corrected chi connectivity index (χ3v) is 3.48. The zero-order valence-corrected chi connectivity index (χ0v) is 11.1. The summed E-state index contributed by atoms with van der Waals surface area (Å²) >= 11 is 3.46. The van der Waals surface area contributed by atoms with Gasteiger partial charge in [-0.3, -0.25) is 4.90 Å². The van der Waals surface area contributed by atoms with Gasteiger partial charge < -0.3 is 4.74 Å². The van der Waals surface area contributed by atoms with Gasteiger partial charge in [-0.2, -0.15) is 5.10 Å². The average molecular weight is 289 g/mol. The summed E-state index contributed by atoms with van der Waals surface area (Å²) in [5.74, 6) is 1.04. The van der Waals surface area contributed by atoms with Crippen molar-refractivity contribution in [1.29, 1.82) is 0 Å². The normalized spacial score (nSPS) is 22.5. The molecule has 6 heteroatoms. The number of halogens is 1. The van der Waals surface area contributed by atoms with Crippen LogP contribution in [0.5, 0.6) is 0 Å². The molecular formula is C10H17BrN4O.